The summed E-state index contributed by atoms with van der Waals surface area (Å²) >= 11 is 0. The molecule has 0 aliphatic carbocycles. The minimum Gasteiger partial charge on any atom is -0.397 e. The van der Waals surface area contributed by atoms with Gasteiger partial charge in [0.15, 0.2) is 0 Å². The minimum atomic E-state index is 0.563. The number of nitrogens with zero attached hydrogens (tertiary/aromatic N) is 3. The van der Waals surface area contributed by atoms with E-state index in [4.69, 9.17) is 11.0 Å². The van der Waals surface area contributed by atoms with Crippen molar-refractivity contribution in [3.8, 4) is 11.8 Å². The van der Waals surface area contributed by atoms with Crippen molar-refractivity contribution in [2.45, 2.75) is 27.2 Å². The van der Waals surface area contributed by atoms with Crippen LogP contribution in [0.5, 0.6) is 0 Å². The van der Waals surface area contributed by atoms with Crippen LogP contribution in [0.4, 0.5) is 5.69 Å². The van der Waals surface area contributed by atoms with E-state index in [1.54, 1.807) is 12.1 Å². The van der Waals surface area contributed by atoms with E-state index in [2.05, 4.69) is 18.1 Å². The summed E-state index contributed by atoms with van der Waals surface area (Å²) in [5.74, 6) is 0. The van der Waals surface area contributed by atoms with Crippen LogP contribution in [0, 0.1) is 25.2 Å². The SMILES string of the molecule is CCc1c(C)nn(-c2ccc(C#N)cc2N)c1C. The number of aromatic nitrogens is 2. The molecular weight excluding hydrogens is 224 g/mol. The van der Waals surface area contributed by atoms with Gasteiger partial charge in [0.25, 0.3) is 0 Å². The van der Waals surface area contributed by atoms with Crippen LogP contribution in [0.15, 0.2) is 18.2 Å². The van der Waals surface area contributed by atoms with Crippen LogP contribution in [-0.2, 0) is 6.42 Å². The van der Waals surface area contributed by atoms with Gasteiger partial charge in [-0.1, -0.05) is 6.92 Å². The topological polar surface area (TPSA) is 67.6 Å². The highest BCUT2D eigenvalue weighted by Gasteiger charge is 2.13. The largest absolute Gasteiger partial charge is 0.397 e. The van der Waals surface area contributed by atoms with E-state index >= 15 is 0 Å². The van der Waals surface area contributed by atoms with Gasteiger partial charge in [-0.25, -0.2) is 4.68 Å². The Bertz CT molecular complexity index is 632. The zero-order chi connectivity index (χ0) is 13.3. The van der Waals surface area contributed by atoms with Gasteiger partial charge in [-0.05, 0) is 44.0 Å². The molecule has 0 aliphatic heterocycles. The summed E-state index contributed by atoms with van der Waals surface area (Å²) in [6.45, 7) is 6.15. The molecule has 0 unspecified atom stereocenters. The van der Waals surface area contributed by atoms with Gasteiger partial charge >= 0.3 is 0 Å². The Morgan fingerprint density at radius 3 is 2.61 bits per heavy atom. The lowest BCUT2D eigenvalue weighted by Crippen LogP contribution is -2.04. The van der Waals surface area contributed by atoms with Crippen molar-refractivity contribution in [1.29, 1.82) is 5.26 Å². The summed E-state index contributed by atoms with van der Waals surface area (Å²) in [5, 5.41) is 13.4. The van der Waals surface area contributed by atoms with Crippen molar-refractivity contribution >= 4 is 5.69 Å². The Kier molecular flexibility index (Phi) is 3.07. The monoisotopic (exact) mass is 240 g/mol. The molecule has 4 heteroatoms. The second-order valence-electron chi connectivity index (χ2n) is 4.30. The highest BCUT2D eigenvalue weighted by Crippen LogP contribution is 2.23. The van der Waals surface area contributed by atoms with Gasteiger partial charge in [0, 0.05) is 5.69 Å². The maximum atomic E-state index is 8.84. The fraction of sp³-hybridized carbons (Fsp3) is 0.286. The van der Waals surface area contributed by atoms with Crippen LogP contribution < -0.4 is 5.73 Å². The fourth-order valence-electron chi connectivity index (χ4n) is 2.24. The third kappa shape index (κ3) is 1.84. The highest BCUT2D eigenvalue weighted by molar-refractivity contribution is 5.61. The predicted octanol–water partition coefficient (Wildman–Crippen LogP) is 2.51. The number of hydrogen-bond donors (Lipinski definition) is 1. The average Bonchev–Trinajstić information content (AvgIpc) is 2.64. The van der Waals surface area contributed by atoms with Crippen LogP contribution in [0.3, 0.4) is 0 Å². The third-order valence-electron chi connectivity index (χ3n) is 3.18. The van der Waals surface area contributed by atoms with Crippen molar-refractivity contribution in [3.05, 3.63) is 40.7 Å². The molecule has 0 saturated heterocycles. The molecule has 0 amide bonds. The molecule has 2 N–H and O–H groups in total. The Morgan fingerprint density at radius 2 is 2.11 bits per heavy atom. The highest BCUT2D eigenvalue weighted by atomic mass is 15.3. The van der Waals surface area contributed by atoms with Gasteiger partial charge in [-0.2, -0.15) is 10.4 Å². The average molecular weight is 240 g/mol. The molecule has 1 aromatic carbocycles. The molecule has 18 heavy (non-hydrogen) atoms. The van der Waals surface area contributed by atoms with Gasteiger partial charge in [0.1, 0.15) is 0 Å². The summed E-state index contributed by atoms with van der Waals surface area (Å²) in [5.41, 5.74) is 11.3. The maximum Gasteiger partial charge on any atom is 0.0992 e. The van der Waals surface area contributed by atoms with Gasteiger partial charge in [0.05, 0.1) is 28.7 Å². The number of nitrogens with two attached hydrogens (primary N) is 1. The molecule has 1 aromatic heterocycles. The summed E-state index contributed by atoms with van der Waals surface area (Å²) in [6, 6.07) is 7.35. The number of benzene rings is 1. The molecular formula is C14H16N4. The third-order valence-corrected chi connectivity index (χ3v) is 3.18. The summed E-state index contributed by atoms with van der Waals surface area (Å²) < 4.78 is 1.85. The van der Waals surface area contributed by atoms with Crippen LogP contribution >= 0.6 is 0 Å². The number of nitriles is 1. The van der Waals surface area contributed by atoms with E-state index in [1.807, 2.05) is 24.6 Å². The van der Waals surface area contributed by atoms with Crippen LogP contribution in [0.25, 0.3) is 5.69 Å². The molecule has 2 rings (SSSR count). The summed E-state index contributed by atoms with van der Waals surface area (Å²) in [4.78, 5) is 0. The minimum absolute atomic E-state index is 0.563. The summed E-state index contributed by atoms with van der Waals surface area (Å²) in [7, 11) is 0. The first-order valence-electron chi connectivity index (χ1n) is 5.93. The van der Waals surface area contributed by atoms with E-state index in [1.165, 1.54) is 5.56 Å². The zero-order valence-corrected chi connectivity index (χ0v) is 10.9. The smallest absolute Gasteiger partial charge is 0.0992 e. The van der Waals surface area contributed by atoms with Crippen LogP contribution in [0.1, 0.15) is 29.4 Å². The second-order valence-corrected chi connectivity index (χ2v) is 4.30. The molecule has 0 atom stereocenters. The maximum absolute atomic E-state index is 8.84. The lowest BCUT2D eigenvalue weighted by molar-refractivity contribution is 0.834. The van der Waals surface area contributed by atoms with Crippen molar-refractivity contribution in [2.24, 2.45) is 0 Å². The Morgan fingerprint density at radius 1 is 1.39 bits per heavy atom. The van der Waals surface area contributed by atoms with Crippen molar-refractivity contribution in [3.63, 3.8) is 0 Å². The van der Waals surface area contributed by atoms with Gasteiger partial charge < -0.3 is 5.73 Å². The van der Waals surface area contributed by atoms with E-state index in [-0.39, 0.29) is 0 Å². The molecule has 0 bridgehead atoms. The first-order chi connectivity index (χ1) is 8.58. The molecule has 0 fully saturated rings. The van der Waals surface area contributed by atoms with E-state index < -0.39 is 0 Å². The first kappa shape index (κ1) is 12.2. The lowest BCUT2D eigenvalue weighted by Gasteiger charge is -2.08. The standard InChI is InChI=1S/C14H16N4/c1-4-12-9(2)17-18(10(12)3)14-6-5-11(8-15)7-13(14)16/h5-7H,4,16H2,1-3H3. The van der Waals surface area contributed by atoms with Crippen molar-refractivity contribution in [2.75, 3.05) is 5.73 Å². The normalized spacial score (nSPS) is 10.3. The molecule has 1 heterocycles. The summed E-state index contributed by atoms with van der Waals surface area (Å²) in [6.07, 6.45) is 0.952. The van der Waals surface area contributed by atoms with E-state index in [0.717, 1.165) is 23.5 Å². The Labute approximate surface area is 107 Å². The number of aryl methyl sites for hydroxylation is 1. The van der Waals surface area contributed by atoms with Crippen molar-refractivity contribution < 1.29 is 0 Å². The Balaban J connectivity index is 2.60. The van der Waals surface area contributed by atoms with E-state index in [0.29, 0.717) is 11.3 Å². The number of hydrogen-bond acceptors (Lipinski definition) is 3. The first-order valence-corrected chi connectivity index (χ1v) is 5.93. The van der Waals surface area contributed by atoms with Crippen LogP contribution in [-0.4, -0.2) is 9.78 Å². The lowest BCUT2D eigenvalue weighted by atomic mass is 10.1. The fourth-order valence-corrected chi connectivity index (χ4v) is 2.24. The quantitative estimate of drug-likeness (QED) is 0.820. The predicted molar refractivity (Wildman–Crippen MR) is 71.5 cm³/mol. The molecule has 0 spiro atoms. The molecule has 4 nitrogen and oxygen atoms in total. The van der Waals surface area contributed by atoms with Gasteiger partial charge in [0.2, 0.25) is 0 Å². The number of rotatable bonds is 2. The molecule has 0 radical (unpaired) electrons. The van der Waals surface area contributed by atoms with E-state index in [9.17, 15) is 0 Å². The van der Waals surface area contributed by atoms with Crippen LogP contribution in [0.2, 0.25) is 0 Å². The second kappa shape index (κ2) is 4.53. The molecule has 0 aliphatic rings. The van der Waals surface area contributed by atoms with Gasteiger partial charge in [-0.3, -0.25) is 0 Å². The van der Waals surface area contributed by atoms with Crippen molar-refractivity contribution in [1.82, 2.24) is 9.78 Å². The number of anilines is 1. The van der Waals surface area contributed by atoms with Gasteiger partial charge in [-0.15, -0.1) is 0 Å². The Hall–Kier alpha value is -2.28. The number of nitrogen functional groups attached to an aromatic ring is 1. The molecule has 2 aromatic rings. The molecule has 92 valence electrons. The molecule has 0 saturated carbocycles. The zero-order valence-electron chi connectivity index (χ0n) is 10.9.